The van der Waals surface area contributed by atoms with Crippen LogP contribution in [0.3, 0.4) is 0 Å². The molecule has 4 aromatic rings. The van der Waals surface area contributed by atoms with E-state index in [4.69, 9.17) is 15.2 Å². The maximum absolute atomic E-state index is 9.60. The second kappa shape index (κ2) is 8.74. The first kappa shape index (κ1) is 21.7. The van der Waals surface area contributed by atoms with Crippen LogP contribution in [0.25, 0.3) is 22.6 Å². The van der Waals surface area contributed by atoms with Gasteiger partial charge in [-0.15, -0.1) is 0 Å². The van der Waals surface area contributed by atoms with Crippen molar-refractivity contribution in [3.63, 3.8) is 0 Å². The Morgan fingerprint density at radius 2 is 1.69 bits per heavy atom. The Balaban J connectivity index is 1.24. The van der Waals surface area contributed by atoms with Crippen molar-refractivity contribution in [3.8, 4) is 22.6 Å². The molecule has 1 aliphatic heterocycles. The Morgan fingerprint density at radius 1 is 0.943 bits per heavy atom. The summed E-state index contributed by atoms with van der Waals surface area (Å²) in [5.41, 5.74) is 9.29. The highest BCUT2D eigenvalue weighted by Crippen LogP contribution is 2.48. The quantitative estimate of drug-likeness (QED) is 0.435. The lowest BCUT2D eigenvalue weighted by Crippen LogP contribution is -2.36. The lowest BCUT2D eigenvalue weighted by atomic mass is 9.64. The van der Waals surface area contributed by atoms with Crippen LogP contribution in [-0.4, -0.2) is 49.4 Å². The number of nitrogens with two attached hydrogens (primary N) is 1. The first-order valence-corrected chi connectivity index (χ1v) is 12.0. The van der Waals surface area contributed by atoms with Gasteiger partial charge in [-0.25, -0.2) is 15.0 Å². The van der Waals surface area contributed by atoms with Crippen molar-refractivity contribution >= 4 is 11.8 Å². The fourth-order valence-electron chi connectivity index (χ4n) is 5.19. The molecule has 1 aromatic carbocycles. The van der Waals surface area contributed by atoms with Crippen molar-refractivity contribution < 1.29 is 9.63 Å². The van der Waals surface area contributed by atoms with Crippen LogP contribution in [0.15, 0.2) is 59.5 Å². The zero-order chi connectivity index (χ0) is 23.8. The summed E-state index contributed by atoms with van der Waals surface area (Å²) >= 11 is 0. The molecule has 6 rings (SSSR count). The zero-order valence-electron chi connectivity index (χ0n) is 19.3. The van der Waals surface area contributed by atoms with Gasteiger partial charge in [0.05, 0.1) is 23.6 Å². The molecule has 0 spiro atoms. The number of nitrogen functional groups attached to an aromatic ring is 1. The summed E-state index contributed by atoms with van der Waals surface area (Å²) in [7, 11) is 0. The largest absolute Gasteiger partial charge is 0.394 e. The molecule has 0 amide bonds. The van der Waals surface area contributed by atoms with E-state index in [0.717, 1.165) is 61.2 Å². The Kier molecular flexibility index (Phi) is 5.41. The van der Waals surface area contributed by atoms with Crippen molar-refractivity contribution in [2.45, 2.75) is 43.6 Å². The first-order chi connectivity index (χ1) is 17.2. The van der Waals surface area contributed by atoms with Gasteiger partial charge in [0.25, 0.3) is 5.89 Å². The van der Waals surface area contributed by atoms with E-state index in [1.807, 2.05) is 12.1 Å². The van der Waals surface area contributed by atoms with Crippen LogP contribution in [-0.2, 0) is 5.41 Å². The highest BCUT2D eigenvalue weighted by molar-refractivity contribution is 5.63. The number of aromatic nitrogens is 5. The van der Waals surface area contributed by atoms with Crippen LogP contribution in [0, 0.1) is 0 Å². The van der Waals surface area contributed by atoms with E-state index < -0.39 is 0 Å². The Bertz CT molecular complexity index is 1300. The third-order valence-corrected chi connectivity index (χ3v) is 7.38. The predicted octanol–water partition coefficient (Wildman–Crippen LogP) is 3.60. The number of benzene rings is 1. The van der Waals surface area contributed by atoms with E-state index in [9.17, 15) is 5.11 Å². The lowest BCUT2D eigenvalue weighted by Gasteiger charge is -2.39. The van der Waals surface area contributed by atoms with Crippen molar-refractivity contribution in [1.29, 1.82) is 0 Å². The zero-order valence-corrected chi connectivity index (χ0v) is 19.3. The highest BCUT2D eigenvalue weighted by atomic mass is 16.5. The van der Waals surface area contributed by atoms with Gasteiger partial charge in [0, 0.05) is 30.7 Å². The van der Waals surface area contributed by atoms with Gasteiger partial charge in [-0.3, -0.25) is 0 Å². The molecule has 0 radical (unpaired) electrons. The van der Waals surface area contributed by atoms with Gasteiger partial charge in [-0.2, -0.15) is 4.98 Å². The number of pyridine rings is 1. The molecule has 1 saturated heterocycles. The van der Waals surface area contributed by atoms with Crippen LogP contribution in [0.4, 0.5) is 11.8 Å². The van der Waals surface area contributed by atoms with Crippen molar-refractivity contribution in [3.05, 3.63) is 66.4 Å². The maximum Gasteiger partial charge on any atom is 0.259 e. The number of hydrogen-bond acceptors (Lipinski definition) is 9. The molecule has 9 nitrogen and oxygen atoms in total. The number of aliphatic hydroxyl groups excluding tert-OH is 1. The van der Waals surface area contributed by atoms with Gasteiger partial charge in [0.1, 0.15) is 5.82 Å². The normalized spacial score (nSPS) is 19.0. The summed E-state index contributed by atoms with van der Waals surface area (Å²) in [5.74, 6) is 2.32. The topological polar surface area (TPSA) is 127 Å². The summed E-state index contributed by atoms with van der Waals surface area (Å²) in [6.07, 6.45) is 10.4. The minimum Gasteiger partial charge on any atom is -0.394 e. The minimum atomic E-state index is -0.241. The average molecular weight is 470 g/mol. The highest BCUT2D eigenvalue weighted by Gasteiger charge is 2.44. The Morgan fingerprint density at radius 3 is 2.34 bits per heavy atom. The molecule has 2 fully saturated rings. The summed E-state index contributed by atoms with van der Waals surface area (Å²) in [4.78, 5) is 19.7. The van der Waals surface area contributed by atoms with E-state index >= 15 is 0 Å². The molecule has 1 atom stereocenters. The van der Waals surface area contributed by atoms with Crippen molar-refractivity contribution in [1.82, 2.24) is 25.1 Å². The summed E-state index contributed by atoms with van der Waals surface area (Å²) < 4.78 is 5.68. The van der Waals surface area contributed by atoms with Crippen LogP contribution in [0.1, 0.15) is 43.5 Å². The molecule has 35 heavy (non-hydrogen) atoms. The molecule has 3 aromatic heterocycles. The SMILES string of the molecule is Nc1ncc(-c2ccc(C3(c4noc(-c5ccc(N6CCC[C@@H]6CO)nc5)n4)CCC3)cc2)cn1. The second-order valence-corrected chi connectivity index (χ2v) is 9.34. The minimum absolute atomic E-state index is 0.140. The molecule has 0 bridgehead atoms. The fourth-order valence-corrected chi connectivity index (χ4v) is 5.19. The number of rotatable bonds is 6. The van der Waals surface area contributed by atoms with Crippen LogP contribution >= 0.6 is 0 Å². The van der Waals surface area contributed by atoms with Crippen LogP contribution in [0.2, 0.25) is 0 Å². The van der Waals surface area contributed by atoms with Crippen molar-refractivity contribution in [2.75, 3.05) is 23.8 Å². The van der Waals surface area contributed by atoms with Gasteiger partial charge in [0.15, 0.2) is 5.82 Å². The smallest absolute Gasteiger partial charge is 0.259 e. The molecular formula is C26H27N7O2. The number of anilines is 2. The maximum atomic E-state index is 9.60. The summed E-state index contributed by atoms with van der Waals surface area (Å²) in [6, 6.07) is 12.5. The van der Waals surface area contributed by atoms with Gasteiger partial charge in [0.2, 0.25) is 5.95 Å². The molecule has 9 heteroatoms. The number of hydrogen-bond donors (Lipinski definition) is 2. The van der Waals surface area contributed by atoms with Gasteiger partial charge in [-0.1, -0.05) is 35.8 Å². The molecule has 1 aliphatic carbocycles. The third kappa shape index (κ3) is 3.81. The van der Waals surface area contributed by atoms with Gasteiger partial charge < -0.3 is 20.3 Å². The molecular weight excluding hydrogens is 442 g/mol. The molecule has 1 saturated carbocycles. The first-order valence-electron chi connectivity index (χ1n) is 12.0. The van der Waals surface area contributed by atoms with E-state index in [0.29, 0.717) is 11.7 Å². The Labute approximate surface area is 203 Å². The molecule has 4 heterocycles. The van der Waals surface area contributed by atoms with E-state index in [1.54, 1.807) is 18.6 Å². The molecule has 3 N–H and O–H groups in total. The predicted molar refractivity (Wildman–Crippen MR) is 131 cm³/mol. The number of nitrogens with zero attached hydrogens (tertiary/aromatic N) is 6. The monoisotopic (exact) mass is 469 g/mol. The van der Waals surface area contributed by atoms with E-state index in [1.165, 1.54) is 5.56 Å². The average Bonchev–Trinajstić information content (AvgIpc) is 3.55. The fraction of sp³-hybridized carbons (Fsp3) is 0.346. The van der Waals surface area contributed by atoms with E-state index in [-0.39, 0.29) is 24.0 Å². The molecule has 0 unspecified atom stereocenters. The van der Waals surface area contributed by atoms with Crippen LogP contribution in [0.5, 0.6) is 0 Å². The number of aliphatic hydroxyl groups is 1. The third-order valence-electron chi connectivity index (χ3n) is 7.38. The van der Waals surface area contributed by atoms with Gasteiger partial charge >= 0.3 is 0 Å². The van der Waals surface area contributed by atoms with Crippen LogP contribution < -0.4 is 10.6 Å². The van der Waals surface area contributed by atoms with E-state index in [2.05, 4.69) is 49.3 Å². The standard InChI is InChI=1S/C26H27N7O2/c27-25-29-14-19(15-30-25)17-4-7-20(8-5-17)26(10-2-11-26)24-31-23(35-32-24)18-6-9-22(28-13-18)33-12-1-3-21(33)16-34/h4-9,13-15,21,34H,1-3,10-12,16H2,(H2,27,29,30)/t21-/m1/s1. The lowest BCUT2D eigenvalue weighted by molar-refractivity contribution is 0.266. The second-order valence-electron chi connectivity index (χ2n) is 9.34. The molecule has 2 aliphatic rings. The van der Waals surface area contributed by atoms with Crippen molar-refractivity contribution in [2.24, 2.45) is 0 Å². The summed E-state index contributed by atoms with van der Waals surface area (Å²) in [6.45, 7) is 1.06. The summed E-state index contributed by atoms with van der Waals surface area (Å²) in [5, 5.41) is 14.0. The molecule has 178 valence electrons. The van der Waals surface area contributed by atoms with Gasteiger partial charge in [-0.05, 0) is 48.9 Å². The Hall–Kier alpha value is -3.85.